The van der Waals surface area contributed by atoms with E-state index in [1.54, 1.807) is 11.0 Å². The molecule has 1 heterocycles. The van der Waals surface area contributed by atoms with Crippen LogP contribution in [0.5, 0.6) is 0 Å². The zero-order chi connectivity index (χ0) is 20.5. The topological polar surface area (TPSA) is 66.5 Å². The van der Waals surface area contributed by atoms with Gasteiger partial charge in [-0.2, -0.15) is 0 Å². The Kier molecular flexibility index (Phi) is 6.07. The molecule has 3 rings (SSSR count). The van der Waals surface area contributed by atoms with Crippen molar-refractivity contribution in [3.8, 4) is 0 Å². The number of anilines is 1. The molecule has 0 bridgehead atoms. The van der Waals surface area contributed by atoms with Gasteiger partial charge in [0.05, 0.1) is 9.92 Å². The first-order valence-electron chi connectivity index (χ1n) is 9.04. The lowest BCUT2D eigenvalue weighted by Gasteiger charge is -2.18. The molecule has 0 radical (unpaired) electrons. The zero-order valence-electron chi connectivity index (χ0n) is 15.7. The minimum atomic E-state index is -3.82. The number of benzene rings is 2. The van der Waals surface area contributed by atoms with E-state index in [0.717, 1.165) is 35.4 Å². The molecule has 0 aliphatic carbocycles. The lowest BCUT2D eigenvalue weighted by molar-refractivity contribution is -0.119. The summed E-state index contributed by atoms with van der Waals surface area (Å²) in [6, 6.07) is 8.86. The maximum Gasteiger partial charge on any atom is 0.240 e. The van der Waals surface area contributed by atoms with Gasteiger partial charge in [-0.25, -0.2) is 17.5 Å². The highest BCUT2D eigenvalue weighted by molar-refractivity contribution is 7.89. The van der Waals surface area contributed by atoms with E-state index in [1.807, 2.05) is 26.0 Å². The third-order valence-electron chi connectivity index (χ3n) is 4.59. The molecule has 0 unspecified atom stereocenters. The highest BCUT2D eigenvalue weighted by Gasteiger charge is 2.25. The summed E-state index contributed by atoms with van der Waals surface area (Å²) in [5.74, 6) is -0.267. The number of fused-ring (bicyclic) bond motifs is 1. The molecule has 28 heavy (non-hydrogen) atoms. The van der Waals surface area contributed by atoms with Crippen LogP contribution in [0, 0.1) is 11.7 Å². The van der Waals surface area contributed by atoms with Crippen LogP contribution in [0.1, 0.15) is 31.4 Å². The first kappa shape index (κ1) is 20.8. The van der Waals surface area contributed by atoms with Crippen LogP contribution in [-0.4, -0.2) is 20.9 Å². The Balaban J connectivity index is 1.71. The largest absolute Gasteiger partial charge is 0.312 e. The average Bonchev–Trinajstić information content (AvgIpc) is 3.05. The van der Waals surface area contributed by atoms with E-state index in [-0.39, 0.29) is 22.4 Å². The predicted octanol–water partition coefficient (Wildman–Crippen LogP) is 3.89. The van der Waals surface area contributed by atoms with Gasteiger partial charge in [0.25, 0.3) is 0 Å². The van der Waals surface area contributed by atoms with Gasteiger partial charge in [-0.15, -0.1) is 0 Å². The summed E-state index contributed by atoms with van der Waals surface area (Å²) in [5.41, 5.74) is 2.70. The van der Waals surface area contributed by atoms with E-state index in [4.69, 9.17) is 11.6 Å². The van der Waals surface area contributed by atoms with Crippen LogP contribution in [0.15, 0.2) is 41.3 Å². The number of nitrogens with zero attached hydrogens (tertiary/aromatic N) is 1. The van der Waals surface area contributed by atoms with Crippen molar-refractivity contribution in [1.29, 1.82) is 0 Å². The number of rotatable bonds is 6. The van der Waals surface area contributed by atoms with Crippen molar-refractivity contribution in [2.45, 2.75) is 38.1 Å². The maximum absolute atomic E-state index is 13.2. The molecular formula is C20H22ClFN2O3S. The lowest BCUT2D eigenvalue weighted by atomic mass is 10.1. The predicted molar refractivity (Wildman–Crippen MR) is 107 cm³/mol. The van der Waals surface area contributed by atoms with E-state index in [2.05, 4.69) is 4.72 Å². The van der Waals surface area contributed by atoms with Gasteiger partial charge in [0.15, 0.2) is 0 Å². The summed E-state index contributed by atoms with van der Waals surface area (Å²) >= 11 is 5.67. The molecule has 5 nitrogen and oxygen atoms in total. The fraction of sp³-hybridized carbons (Fsp3) is 0.350. The van der Waals surface area contributed by atoms with E-state index in [9.17, 15) is 17.6 Å². The fourth-order valence-corrected chi connectivity index (χ4v) is 4.48. The van der Waals surface area contributed by atoms with Crippen molar-refractivity contribution in [3.05, 3.63) is 58.4 Å². The molecule has 150 valence electrons. The van der Waals surface area contributed by atoms with Crippen molar-refractivity contribution in [2.24, 2.45) is 5.92 Å². The number of sulfonamides is 1. The van der Waals surface area contributed by atoms with Gasteiger partial charge in [0.2, 0.25) is 15.9 Å². The number of carbonyl (C=O) groups is 1. The summed E-state index contributed by atoms with van der Waals surface area (Å²) < 4.78 is 40.6. The van der Waals surface area contributed by atoms with Gasteiger partial charge in [-0.05, 0) is 47.7 Å². The molecule has 2 aromatic carbocycles. The van der Waals surface area contributed by atoms with Crippen molar-refractivity contribution in [3.63, 3.8) is 0 Å². The molecule has 1 aliphatic rings. The van der Waals surface area contributed by atoms with Crippen LogP contribution in [0.4, 0.5) is 10.1 Å². The molecule has 0 saturated carbocycles. The Labute approximate surface area is 169 Å². The van der Waals surface area contributed by atoms with Crippen LogP contribution in [0.25, 0.3) is 0 Å². The lowest BCUT2D eigenvalue weighted by Crippen LogP contribution is -2.29. The zero-order valence-corrected chi connectivity index (χ0v) is 17.3. The van der Waals surface area contributed by atoms with Gasteiger partial charge < -0.3 is 4.90 Å². The molecule has 1 amide bonds. The monoisotopic (exact) mass is 424 g/mol. The summed E-state index contributed by atoms with van der Waals surface area (Å²) in [4.78, 5) is 14.1. The van der Waals surface area contributed by atoms with Crippen LogP contribution in [0.2, 0.25) is 5.02 Å². The van der Waals surface area contributed by atoms with E-state index in [0.29, 0.717) is 18.9 Å². The molecule has 1 aliphatic heterocycles. The van der Waals surface area contributed by atoms with Crippen molar-refractivity contribution in [2.75, 3.05) is 11.4 Å². The molecule has 0 atom stereocenters. The maximum atomic E-state index is 13.2. The quantitative estimate of drug-likeness (QED) is 0.764. The first-order valence-corrected chi connectivity index (χ1v) is 10.9. The first-order chi connectivity index (χ1) is 13.2. The van der Waals surface area contributed by atoms with Crippen molar-refractivity contribution >= 4 is 33.2 Å². The Hall–Kier alpha value is -1.96. The van der Waals surface area contributed by atoms with Crippen molar-refractivity contribution < 1.29 is 17.6 Å². The van der Waals surface area contributed by atoms with Gasteiger partial charge in [0, 0.05) is 25.2 Å². The Morgan fingerprint density at radius 2 is 2.00 bits per heavy atom. The second-order valence-corrected chi connectivity index (χ2v) is 9.43. The third kappa shape index (κ3) is 4.54. The smallest absolute Gasteiger partial charge is 0.240 e. The standard InChI is InChI=1S/C20H22ClFN2O3S/c1-13(2)9-20(25)24-8-7-15-10-14(3-6-19(15)24)12-23-28(26,27)16-4-5-18(22)17(21)11-16/h3-6,10-11,13,23H,7-9,12H2,1-2H3. The summed E-state index contributed by atoms with van der Waals surface area (Å²) in [7, 11) is -3.82. The normalized spacial score (nSPS) is 13.8. The Morgan fingerprint density at radius 1 is 1.25 bits per heavy atom. The van der Waals surface area contributed by atoms with Gasteiger partial charge in [-0.1, -0.05) is 37.6 Å². The second-order valence-electron chi connectivity index (χ2n) is 7.26. The minimum Gasteiger partial charge on any atom is -0.312 e. The third-order valence-corrected chi connectivity index (χ3v) is 6.28. The van der Waals surface area contributed by atoms with Crippen LogP contribution < -0.4 is 9.62 Å². The SMILES string of the molecule is CC(C)CC(=O)N1CCc2cc(CNS(=O)(=O)c3ccc(F)c(Cl)c3)ccc21. The van der Waals surface area contributed by atoms with E-state index in [1.165, 1.54) is 6.07 Å². The minimum absolute atomic E-state index is 0.0878. The highest BCUT2D eigenvalue weighted by atomic mass is 35.5. The summed E-state index contributed by atoms with van der Waals surface area (Å²) in [6.07, 6.45) is 1.24. The molecule has 8 heteroatoms. The number of hydrogen-bond donors (Lipinski definition) is 1. The summed E-state index contributed by atoms with van der Waals surface area (Å²) in [5, 5.41) is -0.244. The molecular weight excluding hydrogens is 403 g/mol. The number of carbonyl (C=O) groups excluding carboxylic acids is 1. The number of halogens is 2. The van der Waals surface area contributed by atoms with Crippen molar-refractivity contribution in [1.82, 2.24) is 4.72 Å². The van der Waals surface area contributed by atoms with E-state index >= 15 is 0 Å². The number of nitrogens with one attached hydrogen (secondary N) is 1. The molecule has 1 N–H and O–H groups in total. The van der Waals surface area contributed by atoms with Gasteiger partial charge in [-0.3, -0.25) is 4.79 Å². The number of hydrogen-bond acceptors (Lipinski definition) is 3. The van der Waals surface area contributed by atoms with Crippen LogP contribution >= 0.6 is 11.6 Å². The van der Waals surface area contributed by atoms with Gasteiger partial charge in [0.1, 0.15) is 5.82 Å². The van der Waals surface area contributed by atoms with Crippen LogP contribution in [-0.2, 0) is 27.8 Å². The second kappa shape index (κ2) is 8.19. The summed E-state index contributed by atoms with van der Waals surface area (Å²) in [6.45, 7) is 4.76. The number of amides is 1. The molecule has 0 fully saturated rings. The van der Waals surface area contributed by atoms with E-state index < -0.39 is 15.8 Å². The molecule has 0 saturated heterocycles. The Bertz CT molecular complexity index is 1010. The molecule has 0 spiro atoms. The fourth-order valence-electron chi connectivity index (χ4n) is 3.19. The molecule has 0 aromatic heterocycles. The van der Waals surface area contributed by atoms with Gasteiger partial charge >= 0.3 is 0 Å². The Morgan fingerprint density at radius 3 is 2.68 bits per heavy atom. The highest BCUT2D eigenvalue weighted by Crippen LogP contribution is 2.30. The van der Waals surface area contributed by atoms with Crippen LogP contribution in [0.3, 0.4) is 0 Å². The average molecular weight is 425 g/mol. The molecule has 2 aromatic rings.